The van der Waals surface area contributed by atoms with Crippen LogP contribution in [0.3, 0.4) is 0 Å². The summed E-state index contributed by atoms with van der Waals surface area (Å²) in [6.45, 7) is 13.0. The highest BCUT2D eigenvalue weighted by Crippen LogP contribution is 2.65. The molecule has 1 aromatic rings. The fourth-order valence-corrected chi connectivity index (χ4v) is 7.43. The average Bonchev–Trinajstić information content (AvgIpc) is 3.34. The molecule has 12 nitrogen and oxygen atoms in total. The monoisotopic (exact) mass is 627 g/mol. The molecule has 4 N–H and O–H groups in total. The Morgan fingerprint density at radius 3 is 2.56 bits per heavy atom. The van der Waals surface area contributed by atoms with Gasteiger partial charge >= 0.3 is 7.12 Å². The number of hydrogen-bond donors (Lipinski definition) is 3. The van der Waals surface area contributed by atoms with Gasteiger partial charge in [0, 0.05) is 18.9 Å². The SMILES string of the molecule is CCc1ccc(OCC(=O)C[C@@H](CCCN=C(N)N[N+](=O)[O-])C(=O)N[C@@H](CC(C)C)B2O[C@@H]3C[C@H]4C[C@H](C4(C)C)[C@]3(C)O2)cc1. The van der Waals surface area contributed by atoms with E-state index >= 15 is 0 Å². The number of nitrogens with two attached hydrogens (primary N) is 1. The van der Waals surface area contributed by atoms with E-state index in [2.05, 4.69) is 51.9 Å². The topological polar surface area (TPSA) is 167 Å². The number of ether oxygens (including phenoxy) is 1. The molecular formula is C32H50BN5O7. The summed E-state index contributed by atoms with van der Waals surface area (Å²) in [4.78, 5) is 41.5. The molecule has 0 spiro atoms. The molecule has 4 aliphatic rings. The first kappa shape index (κ1) is 34.7. The highest BCUT2D eigenvalue weighted by atomic mass is 16.7. The molecule has 3 aliphatic carbocycles. The van der Waals surface area contributed by atoms with Crippen molar-refractivity contribution < 1.29 is 28.7 Å². The number of Topliss-reactive ketones (excluding diaryl/α,β-unsaturated/α-hetero) is 1. The number of aryl methyl sites for hydroxylation is 1. The van der Waals surface area contributed by atoms with E-state index in [4.69, 9.17) is 19.8 Å². The molecule has 1 saturated heterocycles. The van der Waals surface area contributed by atoms with E-state index in [0.29, 0.717) is 36.8 Å². The fraction of sp³-hybridized carbons (Fsp3) is 0.719. The lowest BCUT2D eigenvalue weighted by molar-refractivity contribution is -0.525. The zero-order valence-corrected chi connectivity index (χ0v) is 27.5. The Hall–Kier alpha value is -3.19. The summed E-state index contributed by atoms with van der Waals surface area (Å²) < 4.78 is 19.0. The molecule has 4 fully saturated rings. The Balaban J connectivity index is 1.42. The number of nitrogens with one attached hydrogen (secondary N) is 2. The zero-order valence-electron chi connectivity index (χ0n) is 27.5. The molecule has 248 valence electrons. The van der Waals surface area contributed by atoms with E-state index in [1.54, 1.807) is 0 Å². The number of guanidine groups is 1. The standard InChI is InChI=1S/C32H50BN5O7/c1-7-21-10-12-25(13-11-21)43-19-24(39)16-22(9-8-14-35-30(34)37-38(41)42)29(40)36-28(15-20(2)3)33-44-27-18-23-17-26(31(23,4)5)32(27,6)45-33/h10-13,20,22-23,26-28H,7-9,14-19H2,1-6H3,(H,36,40)(H3,34,35,37)/t22-,23-,26-,27-,28+,32+/m1/s1. The van der Waals surface area contributed by atoms with E-state index in [1.165, 1.54) is 5.56 Å². The van der Waals surface area contributed by atoms with Crippen molar-refractivity contribution in [1.29, 1.82) is 0 Å². The second-order valence-corrected chi connectivity index (χ2v) is 14.1. The number of hydrogen-bond acceptors (Lipinski definition) is 8. The van der Waals surface area contributed by atoms with Crippen molar-refractivity contribution in [3.63, 3.8) is 0 Å². The molecule has 1 aliphatic heterocycles. The van der Waals surface area contributed by atoms with E-state index in [-0.39, 0.29) is 60.6 Å². The summed E-state index contributed by atoms with van der Waals surface area (Å²) in [5, 5.41) is 13.0. The summed E-state index contributed by atoms with van der Waals surface area (Å²) in [7, 11) is -0.579. The number of benzene rings is 1. The molecule has 0 unspecified atom stereocenters. The second kappa shape index (κ2) is 14.5. The lowest BCUT2D eigenvalue weighted by atomic mass is 9.43. The van der Waals surface area contributed by atoms with Crippen molar-refractivity contribution in [2.24, 2.45) is 39.8 Å². The van der Waals surface area contributed by atoms with Gasteiger partial charge in [0.15, 0.2) is 10.8 Å². The zero-order chi connectivity index (χ0) is 32.9. The van der Waals surface area contributed by atoms with Gasteiger partial charge in [0.05, 0.1) is 17.6 Å². The second-order valence-electron chi connectivity index (χ2n) is 14.1. The quantitative estimate of drug-likeness (QED) is 0.0615. The van der Waals surface area contributed by atoms with Gasteiger partial charge in [-0.2, -0.15) is 0 Å². The van der Waals surface area contributed by atoms with Crippen LogP contribution < -0.4 is 21.2 Å². The van der Waals surface area contributed by atoms with Gasteiger partial charge in [-0.3, -0.25) is 9.59 Å². The highest BCUT2D eigenvalue weighted by Gasteiger charge is 2.68. The van der Waals surface area contributed by atoms with Crippen LogP contribution >= 0.6 is 0 Å². The van der Waals surface area contributed by atoms with Crippen molar-refractivity contribution in [2.45, 2.75) is 104 Å². The van der Waals surface area contributed by atoms with Crippen LogP contribution in [-0.2, 0) is 25.3 Å². The Labute approximate surface area is 266 Å². The van der Waals surface area contributed by atoms with E-state index in [9.17, 15) is 19.7 Å². The van der Waals surface area contributed by atoms with Crippen molar-refractivity contribution >= 4 is 24.8 Å². The number of rotatable bonds is 16. The molecule has 1 amide bonds. The van der Waals surface area contributed by atoms with Crippen molar-refractivity contribution in [3.8, 4) is 5.75 Å². The Kier molecular flexibility index (Phi) is 11.2. The molecule has 1 heterocycles. The Morgan fingerprint density at radius 2 is 1.93 bits per heavy atom. The molecular weight excluding hydrogens is 577 g/mol. The molecule has 45 heavy (non-hydrogen) atoms. The van der Waals surface area contributed by atoms with Crippen LogP contribution in [0.2, 0.25) is 0 Å². The number of hydrazine groups is 1. The highest BCUT2D eigenvalue weighted by molar-refractivity contribution is 6.47. The van der Waals surface area contributed by atoms with Crippen molar-refractivity contribution in [1.82, 2.24) is 10.7 Å². The van der Waals surface area contributed by atoms with E-state index in [0.717, 1.165) is 19.3 Å². The first-order chi connectivity index (χ1) is 21.2. The van der Waals surface area contributed by atoms with Crippen LogP contribution in [0.1, 0.15) is 85.6 Å². The van der Waals surface area contributed by atoms with Crippen LogP contribution in [-0.4, -0.2) is 60.6 Å². The van der Waals surface area contributed by atoms with Crippen LogP contribution in [0.5, 0.6) is 5.75 Å². The van der Waals surface area contributed by atoms with E-state index in [1.807, 2.05) is 29.7 Å². The lowest BCUT2D eigenvalue weighted by Gasteiger charge is -2.64. The van der Waals surface area contributed by atoms with Crippen LogP contribution in [0, 0.1) is 39.2 Å². The first-order valence-corrected chi connectivity index (χ1v) is 16.3. The fourth-order valence-electron chi connectivity index (χ4n) is 7.43. The van der Waals surface area contributed by atoms with Gasteiger partial charge in [-0.25, -0.2) is 15.1 Å². The predicted octanol–water partition coefficient (Wildman–Crippen LogP) is 3.88. The predicted molar refractivity (Wildman–Crippen MR) is 172 cm³/mol. The largest absolute Gasteiger partial charge is 0.486 e. The van der Waals surface area contributed by atoms with Gasteiger partial charge in [0.1, 0.15) is 12.4 Å². The minimum atomic E-state index is -0.785. The minimum Gasteiger partial charge on any atom is -0.486 e. The Bertz CT molecular complexity index is 1240. The van der Waals surface area contributed by atoms with Gasteiger partial charge in [-0.15, -0.1) is 0 Å². The number of nitro groups is 1. The minimum absolute atomic E-state index is 0.0112. The van der Waals surface area contributed by atoms with E-state index < -0.39 is 23.7 Å². The third kappa shape index (κ3) is 8.35. The number of nitrogens with zero attached hydrogens (tertiary/aromatic N) is 2. The third-order valence-corrected chi connectivity index (χ3v) is 10.1. The van der Waals surface area contributed by atoms with Crippen LogP contribution in [0.25, 0.3) is 0 Å². The lowest BCUT2D eigenvalue weighted by Crippen LogP contribution is -2.65. The molecule has 3 saturated carbocycles. The number of carbonyl (C=O) groups is 2. The maximum Gasteiger partial charge on any atom is 0.481 e. The van der Waals surface area contributed by atoms with Crippen molar-refractivity contribution in [2.75, 3.05) is 13.2 Å². The summed E-state index contributed by atoms with van der Waals surface area (Å²) in [5.41, 5.74) is 8.31. The maximum atomic E-state index is 13.8. The smallest absolute Gasteiger partial charge is 0.481 e. The van der Waals surface area contributed by atoms with Gasteiger partial charge < -0.3 is 25.1 Å². The summed E-state index contributed by atoms with van der Waals surface area (Å²) >= 11 is 0. The summed E-state index contributed by atoms with van der Waals surface area (Å²) in [6.07, 6.45) is 4.34. The molecule has 13 heteroatoms. The number of aliphatic imine (C=N–C) groups is 1. The normalized spacial score (nSPS) is 26.4. The first-order valence-electron chi connectivity index (χ1n) is 16.3. The molecule has 6 atom stereocenters. The Morgan fingerprint density at radius 1 is 1.22 bits per heavy atom. The van der Waals surface area contributed by atoms with Crippen LogP contribution in [0.4, 0.5) is 0 Å². The molecule has 0 aromatic heterocycles. The van der Waals surface area contributed by atoms with Crippen molar-refractivity contribution in [3.05, 3.63) is 39.9 Å². The van der Waals surface area contributed by atoms with Crippen LogP contribution in [0.15, 0.2) is 29.3 Å². The summed E-state index contributed by atoms with van der Waals surface area (Å²) in [6, 6.07) is 7.58. The van der Waals surface area contributed by atoms with Gasteiger partial charge in [-0.05, 0) is 86.3 Å². The molecule has 5 rings (SSSR count). The number of ketones is 1. The average molecular weight is 628 g/mol. The third-order valence-electron chi connectivity index (χ3n) is 10.1. The number of carbonyl (C=O) groups excluding carboxylic acids is 2. The van der Waals surface area contributed by atoms with Gasteiger partial charge in [0.2, 0.25) is 5.91 Å². The van der Waals surface area contributed by atoms with Gasteiger partial charge in [-0.1, -0.05) is 52.2 Å². The molecule has 1 aromatic carbocycles. The molecule has 2 bridgehead atoms. The van der Waals surface area contributed by atoms with Gasteiger partial charge in [0.25, 0.3) is 5.96 Å². The molecule has 0 radical (unpaired) electrons. The number of amides is 1. The maximum absolute atomic E-state index is 13.8. The summed E-state index contributed by atoms with van der Waals surface area (Å²) in [5.74, 6) is 0.0308.